The van der Waals surface area contributed by atoms with Crippen LogP contribution in [0.1, 0.15) is 26.3 Å². The van der Waals surface area contributed by atoms with Gasteiger partial charge in [-0.25, -0.2) is 4.79 Å². The van der Waals surface area contributed by atoms with Crippen molar-refractivity contribution in [3.05, 3.63) is 34.9 Å². The van der Waals surface area contributed by atoms with Gasteiger partial charge in [-0.3, -0.25) is 0 Å². The fourth-order valence-corrected chi connectivity index (χ4v) is 1.24. The number of benzene rings is 1. The van der Waals surface area contributed by atoms with Gasteiger partial charge in [0.2, 0.25) is 0 Å². The van der Waals surface area contributed by atoms with E-state index in [4.69, 9.17) is 16.3 Å². The van der Waals surface area contributed by atoms with Crippen LogP contribution >= 0.6 is 11.6 Å². The highest BCUT2D eigenvalue weighted by atomic mass is 35.5. The fourth-order valence-electron chi connectivity index (χ4n) is 1.12. The predicted octanol–water partition coefficient (Wildman–Crippen LogP) is 3.22. The number of amides is 1. The van der Waals surface area contributed by atoms with Crippen LogP contribution in [-0.4, -0.2) is 18.2 Å². The number of carbonyl (C=O) groups is 1. The molecule has 0 bridgehead atoms. The van der Waals surface area contributed by atoms with Crippen LogP contribution in [0.2, 0.25) is 5.02 Å². The second-order valence-corrected chi connectivity index (χ2v) is 5.20. The summed E-state index contributed by atoms with van der Waals surface area (Å²) in [7, 11) is 0. The van der Waals surface area contributed by atoms with Gasteiger partial charge in [-0.2, -0.15) is 0 Å². The van der Waals surface area contributed by atoms with Gasteiger partial charge in [0.05, 0.1) is 0 Å². The monoisotopic (exact) mass is 265 g/mol. The average molecular weight is 266 g/mol. The van der Waals surface area contributed by atoms with Crippen molar-refractivity contribution in [1.29, 1.82) is 0 Å². The van der Waals surface area contributed by atoms with Crippen molar-refractivity contribution < 1.29 is 9.53 Å². The van der Waals surface area contributed by atoms with E-state index in [9.17, 15) is 4.79 Å². The third kappa shape index (κ3) is 6.17. The molecule has 0 spiro atoms. The normalized spacial score (nSPS) is 10.2. The highest BCUT2D eigenvalue weighted by Gasteiger charge is 2.13. The third-order valence-electron chi connectivity index (χ3n) is 1.83. The molecule has 0 unspecified atom stereocenters. The van der Waals surface area contributed by atoms with Crippen molar-refractivity contribution in [1.82, 2.24) is 5.32 Å². The van der Waals surface area contributed by atoms with Crippen LogP contribution in [-0.2, 0) is 4.74 Å². The Kier molecular flexibility index (Phi) is 5.06. The zero-order valence-corrected chi connectivity index (χ0v) is 11.5. The molecule has 0 aliphatic carbocycles. The Labute approximate surface area is 112 Å². The number of hydrogen-bond acceptors (Lipinski definition) is 2. The number of rotatable bonds is 1. The second kappa shape index (κ2) is 6.32. The van der Waals surface area contributed by atoms with Crippen molar-refractivity contribution >= 4 is 17.7 Å². The second-order valence-electron chi connectivity index (χ2n) is 4.76. The minimum absolute atomic E-state index is 0.0601. The number of ether oxygens (including phenoxy) is 1. The van der Waals surface area contributed by atoms with Crippen molar-refractivity contribution in [2.75, 3.05) is 6.61 Å². The summed E-state index contributed by atoms with van der Waals surface area (Å²) < 4.78 is 4.91. The van der Waals surface area contributed by atoms with Crippen LogP contribution < -0.4 is 5.32 Å². The van der Waals surface area contributed by atoms with Gasteiger partial charge in [-0.15, -0.1) is 0 Å². The minimum Gasteiger partial charge on any atom is -0.436 e. The molecule has 1 N–H and O–H groups in total. The van der Waals surface area contributed by atoms with Crippen LogP contribution in [0.5, 0.6) is 0 Å². The van der Waals surface area contributed by atoms with Gasteiger partial charge in [-0.1, -0.05) is 23.4 Å². The molecular formula is C14H16ClNO2. The predicted molar refractivity (Wildman–Crippen MR) is 72.6 cm³/mol. The first-order chi connectivity index (χ1) is 8.37. The maximum absolute atomic E-state index is 11.3. The molecule has 1 aromatic rings. The van der Waals surface area contributed by atoms with Crippen molar-refractivity contribution in [3.8, 4) is 11.8 Å². The summed E-state index contributed by atoms with van der Waals surface area (Å²) in [5.74, 6) is 5.64. The molecule has 0 saturated heterocycles. The van der Waals surface area contributed by atoms with E-state index in [-0.39, 0.29) is 12.1 Å². The van der Waals surface area contributed by atoms with Gasteiger partial charge < -0.3 is 10.1 Å². The first kappa shape index (κ1) is 14.4. The molecule has 1 aromatic carbocycles. The number of nitrogens with one attached hydrogen (secondary N) is 1. The van der Waals surface area contributed by atoms with E-state index >= 15 is 0 Å². The number of alkyl carbamates (subject to hydrolysis) is 1. The summed E-state index contributed by atoms with van der Waals surface area (Å²) in [6.07, 6.45) is -0.465. The molecule has 1 amide bonds. The lowest BCUT2D eigenvalue weighted by Crippen LogP contribution is -2.40. The molecule has 0 aliphatic rings. The number of halogens is 1. The van der Waals surface area contributed by atoms with Crippen LogP contribution in [0.3, 0.4) is 0 Å². The van der Waals surface area contributed by atoms with Crippen LogP contribution in [0.25, 0.3) is 0 Å². The summed E-state index contributed by atoms with van der Waals surface area (Å²) in [6.45, 7) is 5.71. The lowest BCUT2D eigenvalue weighted by Gasteiger charge is -2.19. The van der Waals surface area contributed by atoms with E-state index in [2.05, 4.69) is 17.2 Å². The summed E-state index contributed by atoms with van der Waals surface area (Å²) in [4.78, 5) is 11.3. The number of carbonyl (C=O) groups excluding carboxylic acids is 1. The standard InChI is InChI=1S/C14H16ClNO2/c1-14(2,3)16-13(17)18-10-4-5-11-6-8-12(15)9-7-11/h6-9H,10H2,1-3H3,(H,16,17). The highest BCUT2D eigenvalue weighted by Crippen LogP contribution is 2.08. The van der Waals surface area contributed by atoms with Crippen molar-refractivity contribution in [3.63, 3.8) is 0 Å². The third-order valence-corrected chi connectivity index (χ3v) is 2.08. The first-order valence-electron chi connectivity index (χ1n) is 5.56. The highest BCUT2D eigenvalue weighted by molar-refractivity contribution is 6.30. The quantitative estimate of drug-likeness (QED) is 0.792. The van der Waals surface area contributed by atoms with Gasteiger partial charge in [0, 0.05) is 16.1 Å². The average Bonchev–Trinajstić information content (AvgIpc) is 2.24. The Bertz CT molecular complexity index is 463. The molecule has 0 saturated carbocycles. The first-order valence-corrected chi connectivity index (χ1v) is 5.94. The van der Waals surface area contributed by atoms with Crippen LogP contribution in [0.4, 0.5) is 4.79 Å². The molecule has 0 radical (unpaired) electrons. The maximum Gasteiger partial charge on any atom is 0.408 e. The van der Waals surface area contributed by atoms with Gasteiger partial charge >= 0.3 is 6.09 Å². The van der Waals surface area contributed by atoms with Gasteiger partial charge in [0.1, 0.15) is 0 Å². The molecule has 18 heavy (non-hydrogen) atoms. The Morgan fingerprint density at radius 3 is 2.50 bits per heavy atom. The topological polar surface area (TPSA) is 38.3 Å². The largest absolute Gasteiger partial charge is 0.436 e. The molecule has 0 aromatic heterocycles. The molecule has 96 valence electrons. The van der Waals surface area contributed by atoms with E-state index in [1.165, 1.54) is 0 Å². The SMILES string of the molecule is CC(C)(C)NC(=O)OCC#Cc1ccc(Cl)cc1. The summed E-state index contributed by atoms with van der Waals surface area (Å²) in [5, 5.41) is 3.35. The summed E-state index contributed by atoms with van der Waals surface area (Å²) >= 11 is 5.75. The molecule has 0 heterocycles. The van der Waals surface area contributed by atoms with E-state index in [1.54, 1.807) is 12.1 Å². The zero-order valence-electron chi connectivity index (χ0n) is 10.7. The van der Waals surface area contributed by atoms with E-state index in [0.717, 1.165) is 5.56 Å². The van der Waals surface area contributed by atoms with E-state index in [0.29, 0.717) is 5.02 Å². The molecular weight excluding hydrogens is 250 g/mol. The minimum atomic E-state index is -0.465. The number of hydrogen-bond donors (Lipinski definition) is 1. The van der Waals surface area contributed by atoms with E-state index in [1.807, 2.05) is 32.9 Å². The van der Waals surface area contributed by atoms with Crippen molar-refractivity contribution in [2.45, 2.75) is 26.3 Å². The van der Waals surface area contributed by atoms with Gasteiger partial charge in [0.15, 0.2) is 6.61 Å². The zero-order chi connectivity index (χ0) is 13.6. The molecule has 0 atom stereocenters. The molecule has 0 fully saturated rings. The van der Waals surface area contributed by atoms with Gasteiger partial charge in [0.25, 0.3) is 0 Å². The Hall–Kier alpha value is -1.66. The fraction of sp³-hybridized carbons (Fsp3) is 0.357. The lowest BCUT2D eigenvalue weighted by atomic mass is 10.1. The maximum atomic E-state index is 11.3. The summed E-state index contributed by atoms with van der Waals surface area (Å²) in [5.41, 5.74) is 0.528. The van der Waals surface area contributed by atoms with E-state index < -0.39 is 6.09 Å². The molecule has 0 aliphatic heterocycles. The Balaban J connectivity index is 2.38. The Morgan fingerprint density at radius 2 is 1.94 bits per heavy atom. The van der Waals surface area contributed by atoms with Crippen molar-refractivity contribution in [2.24, 2.45) is 0 Å². The molecule has 4 heteroatoms. The molecule has 1 rings (SSSR count). The lowest BCUT2D eigenvalue weighted by molar-refractivity contribution is 0.151. The van der Waals surface area contributed by atoms with Crippen LogP contribution in [0.15, 0.2) is 24.3 Å². The summed E-state index contributed by atoms with van der Waals surface area (Å²) in [6, 6.07) is 7.15. The Morgan fingerprint density at radius 1 is 1.33 bits per heavy atom. The smallest absolute Gasteiger partial charge is 0.408 e. The molecule has 3 nitrogen and oxygen atoms in total. The van der Waals surface area contributed by atoms with Gasteiger partial charge in [-0.05, 0) is 45.0 Å². The van der Waals surface area contributed by atoms with Crippen LogP contribution in [0, 0.1) is 11.8 Å².